The van der Waals surface area contributed by atoms with E-state index < -0.39 is 5.82 Å². The highest BCUT2D eigenvalue weighted by Gasteiger charge is 2.02. The Bertz CT molecular complexity index is 442. The molecule has 0 aliphatic heterocycles. The molecule has 1 N–H and O–H groups in total. The van der Waals surface area contributed by atoms with E-state index in [1.54, 1.807) is 30.6 Å². The van der Waals surface area contributed by atoms with Gasteiger partial charge in [0.25, 0.3) is 0 Å². The van der Waals surface area contributed by atoms with Crippen molar-refractivity contribution in [1.29, 1.82) is 0 Å². The van der Waals surface area contributed by atoms with Crippen LogP contribution >= 0.6 is 0 Å². The predicted molar refractivity (Wildman–Crippen MR) is 51.3 cm³/mol. The number of pyridine rings is 1. The Morgan fingerprint density at radius 1 is 1.00 bits per heavy atom. The third-order valence-corrected chi connectivity index (χ3v) is 1.96. The number of aromatic nitrogens is 1. The van der Waals surface area contributed by atoms with Crippen molar-refractivity contribution < 1.29 is 9.50 Å². The molecule has 0 amide bonds. The van der Waals surface area contributed by atoms with Crippen LogP contribution in [0, 0.1) is 5.82 Å². The van der Waals surface area contributed by atoms with Crippen molar-refractivity contribution in [1.82, 2.24) is 4.98 Å². The van der Waals surface area contributed by atoms with Gasteiger partial charge in [0, 0.05) is 12.4 Å². The van der Waals surface area contributed by atoms with Crippen molar-refractivity contribution in [3.8, 4) is 16.9 Å². The lowest BCUT2D eigenvalue weighted by atomic mass is 10.1. The Morgan fingerprint density at radius 2 is 1.71 bits per heavy atom. The molecule has 0 aliphatic rings. The van der Waals surface area contributed by atoms with Crippen molar-refractivity contribution in [3.63, 3.8) is 0 Å². The van der Waals surface area contributed by atoms with Crippen molar-refractivity contribution in [2.24, 2.45) is 0 Å². The lowest BCUT2D eigenvalue weighted by Gasteiger charge is -2.01. The van der Waals surface area contributed by atoms with Crippen LogP contribution in [-0.4, -0.2) is 10.1 Å². The molecule has 0 atom stereocenters. The quantitative estimate of drug-likeness (QED) is 0.747. The largest absolute Gasteiger partial charge is 0.505 e. The normalized spacial score (nSPS) is 10.1. The molecule has 0 spiro atoms. The first-order valence-corrected chi connectivity index (χ1v) is 4.16. The number of aromatic hydroxyl groups is 1. The molecule has 0 radical (unpaired) electrons. The van der Waals surface area contributed by atoms with E-state index in [2.05, 4.69) is 4.98 Å². The topological polar surface area (TPSA) is 33.1 Å². The van der Waals surface area contributed by atoms with Gasteiger partial charge in [0.1, 0.15) is 0 Å². The standard InChI is InChI=1S/C11H8FNO/c12-10-7-9(1-2-11(10)14)8-3-5-13-6-4-8/h1-7,14H. The molecule has 3 heteroatoms. The van der Waals surface area contributed by atoms with Crippen LogP contribution < -0.4 is 0 Å². The van der Waals surface area contributed by atoms with Gasteiger partial charge in [0.05, 0.1) is 0 Å². The second kappa shape index (κ2) is 3.46. The van der Waals surface area contributed by atoms with Gasteiger partial charge in [-0.15, -0.1) is 0 Å². The molecule has 1 heterocycles. The Balaban J connectivity index is 2.48. The number of nitrogens with zero attached hydrogens (tertiary/aromatic N) is 1. The number of hydrogen-bond acceptors (Lipinski definition) is 2. The zero-order valence-corrected chi connectivity index (χ0v) is 7.31. The van der Waals surface area contributed by atoms with Crippen LogP contribution in [0.5, 0.6) is 5.75 Å². The van der Waals surface area contributed by atoms with E-state index in [1.807, 2.05) is 0 Å². The van der Waals surface area contributed by atoms with Gasteiger partial charge in [0.15, 0.2) is 11.6 Å². The monoisotopic (exact) mass is 189 g/mol. The lowest BCUT2D eigenvalue weighted by molar-refractivity contribution is 0.432. The minimum Gasteiger partial charge on any atom is -0.505 e. The van der Waals surface area contributed by atoms with Crippen LogP contribution in [-0.2, 0) is 0 Å². The second-order valence-electron chi connectivity index (χ2n) is 2.90. The number of phenolic OH excluding ortho intramolecular Hbond substituents is 1. The second-order valence-corrected chi connectivity index (χ2v) is 2.90. The molecule has 0 bridgehead atoms. The van der Waals surface area contributed by atoms with Crippen LogP contribution in [0.25, 0.3) is 11.1 Å². The van der Waals surface area contributed by atoms with Gasteiger partial charge in [-0.3, -0.25) is 4.98 Å². The minimum atomic E-state index is -0.612. The molecule has 1 aromatic heterocycles. The predicted octanol–water partition coefficient (Wildman–Crippen LogP) is 2.59. The summed E-state index contributed by atoms with van der Waals surface area (Å²) < 4.78 is 13.0. The van der Waals surface area contributed by atoms with E-state index in [-0.39, 0.29) is 5.75 Å². The van der Waals surface area contributed by atoms with Crippen molar-refractivity contribution in [3.05, 3.63) is 48.5 Å². The van der Waals surface area contributed by atoms with Crippen LogP contribution in [0.3, 0.4) is 0 Å². The molecule has 0 saturated carbocycles. The summed E-state index contributed by atoms with van der Waals surface area (Å²) >= 11 is 0. The molecule has 2 nitrogen and oxygen atoms in total. The molecule has 14 heavy (non-hydrogen) atoms. The van der Waals surface area contributed by atoms with Crippen LogP contribution in [0.4, 0.5) is 4.39 Å². The van der Waals surface area contributed by atoms with Gasteiger partial charge >= 0.3 is 0 Å². The first-order chi connectivity index (χ1) is 6.77. The van der Waals surface area contributed by atoms with Gasteiger partial charge in [-0.05, 0) is 35.4 Å². The smallest absolute Gasteiger partial charge is 0.165 e. The number of hydrogen-bond donors (Lipinski definition) is 1. The van der Waals surface area contributed by atoms with Gasteiger partial charge in [-0.25, -0.2) is 4.39 Å². The Kier molecular flexibility index (Phi) is 2.14. The fourth-order valence-electron chi connectivity index (χ4n) is 1.23. The maximum atomic E-state index is 13.0. The molecule has 0 aliphatic carbocycles. The van der Waals surface area contributed by atoms with Crippen LogP contribution in [0.1, 0.15) is 0 Å². The summed E-state index contributed by atoms with van der Waals surface area (Å²) in [5.41, 5.74) is 1.60. The van der Waals surface area contributed by atoms with E-state index in [1.165, 1.54) is 12.1 Å². The van der Waals surface area contributed by atoms with Gasteiger partial charge in [0.2, 0.25) is 0 Å². The molecule has 0 saturated heterocycles. The molecule has 70 valence electrons. The molecule has 2 aromatic rings. The average molecular weight is 189 g/mol. The number of rotatable bonds is 1. The van der Waals surface area contributed by atoms with Crippen LogP contribution in [0.15, 0.2) is 42.7 Å². The number of phenols is 1. The molecule has 0 fully saturated rings. The highest BCUT2D eigenvalue weighted by molar-refractivity contribution is 5.63. The minimum absolute atomic E-state index is 0.331. The highest BCUT2D eigenvalue weighted by Crippen LogP contribution is 2.23. The zero-order valence-electron chi connectivity index (χ0n) is 7.31. The van der Waals surface area contributed by atoms with Crippen LogP contribution in [0.2, 0.25) is 0 Å². The van der Waals surface area contributed by atoms with Gasteiger partial charge < -0.3 is 5.11 Å². The summed E-state index contributed by atoms with van der Waals surface area (Å²) in [5, 5.41) is 9.00. The molecule has 1 aromatic carbocycles. The van der Waals surface area contributed by atoms with Crippen molar-refractivity contribution in [2.45, 2.75) is 0 Å². The van der Waals surface area contributed by atoms with E-state index in [9.17, 15) is 4.39 Å². The van der Waals surface area contributed by atoms with E-state index in [0.29, 0.717) is 0 Å². The SMILES string of the molecule is Oc1ccc(-c2ccncc2)cc1F. The Morgan fingerprint density at radius 3 is 2.36 bits per heavy atom. The highest BCUT2D eigenvalue weighted by atomic mass is 19.1. The van der Waals surface area contributed by atoms with E-state index in [0.717, 1.165) is 11.1 Å². The first kappa shape index (κ1) is 8.69. The zero-order chi connectivity index (χ0) is 9.97. The average Bonchev–Trinajstić information content (AvgIpc) is 2.23. The van der Waals surface area contributed by atoms with Crippen molar-refractivity contribution in [2.75, 3.05) is 0 Å². The fraction of sp³-hybridized carbons (Fsp3) is 0. The number of halogens is 1. The third kappa shape index (κ3) is 1.57. The molecular formula is C11H8FNO. The molecular weight excluding hydrogens is 181 g/mol. The Hall–Kier alpha value is -1.90. The van der Waals surface area contributed by atoms with Gasteiger partial charge in [-0.1, -0.05) is 6.07 Å². The van der Waals surface area contributed by atoms with Crippen molar-refractivity contribution >= 4 is 0 Å². The molecule has 0 unspecified atom stereocenters. The maximum Gasteiger partial charge on any atom is 0.165 e. The maximum absolute atomic E-state index is 13.0. The van der Waals surface area contributed by atoms with E-state index in [4.69, 9.17) is 5.11 Å². The summed E-state index contributed by atoms with van der Waals surface area (Å²) in [6, 6.07) is 7.86. The first-order valence-electron chi connectivity index (χ1n) is 4.16. The van der Waals surface area contributed by atoms with Gasteiger partial charge in [-0.2, -0.15) is 0 Å². The third-order valence-electron chi connectivity index (χ3n) is 1.96. The summed E-state index contributed by atoms with van der Waals surface area (Å²) in [7, 11) is 0. The fourth-order valence-corrected chi connectivity index (χ4v) is 1.23. The summed E-state index contributed by atoms with van der Waals surface area (Å²) in [4.78, 5) is 3.87. The Labute approximate surface area is 80.7 Å². The summed E-state index contributed by atoms with van der Waals surface area (Å²) in [6.07, 6.45) is 3.28. The summed E-state index contributed by atoms with van der Waals surface area (Å²) in [6.45, 7) is 0. The molecule has 2 rings (SSSR count). The van der Waals surface area contributed by atoms with E-state index >= 15 is 0 Å². The lowest BCUT2D eigenvalue weighted by Crippen LogP contribution is -1.81. The number of benzene rings is 1. The summed E-state index contributed by atoms with van der Waals surface area (Å²) in [5.74, 6) is -0.942.